The minimum absolute atomic E-state index is 0.0719. The molecule has 1 amide bonds. The third-order valence-electron chi connectivity index (χ3n) is 4.66. The first-order chi connectivity index (χ1) is 12.9. The summed E-state index contributed by atoms with van der Waals surface area (Å²) in [6.07, 6.45) is 5.08. The molecule has 4 nitrogen and oxygen atoms in total. The molecule has 142 valence electrons. The molecule has 1 N–H and O–H groups in total. The van der Waals surface area contributed by atoms with E-state index < -0.39 is 17.6 Å². The van der Waals surface area contributed by atoms with E-state index in [9.17, 15) is 18.4 Å². The highest BCUT2D eigenvalue weighted by Gasteiger charge is 2.21. The van der Waals surface area contributed by atoms with Crippen molar-refractivity contribution in [2.45, 2.75) is 45.1 Å². The predicted molar refractivity (Wildman–Crippen MR) is 97.4 cm³/mol. The number of benzene rings is 2. The molecule has 3 rings (SSSR count). The maximum absolute atomic E-state index is 14.1. The number of rotatable bonds is 4. The van der Waals surface area contributed by atoms with E-state index in [1.54, 1.807) is 0 Å². The van der Waals surface area contributed by atoms with Gasteiger partial charge < -0.3 is 10.1 Å². The third-order valence-corrected chi connectivity index (χ3v) is 4.66. The van der Waals surface area contributed by atoms with Gasteiger partial charge >= 0.3 is 5.97 Å². The van der Waals surface area contributed by atoms with Crippen molar-refractivity contribution >= 4 is 11.9 Å². The van der Waals surface area contributed by atoms with Gasteiger partial charge in [0.25, 0.3) is 5.91 Å². The first kappa shape index (κ1) is 19.0. The molecule has 0 saturated heterocycles. The van der Waals surface area contributed by atoms with Crippen molar-refractivity contribution in [3.8, 4) is 16.9 Å². The van der Waals surface area contributed by atoms with Crippen LogP contribution >= 0.6 is 0 Å². The van der Waals surface area contributed by atoms with E-state index in [2.05, 4.69) is 5.32 Å². The Morgan fingerprint density at radius 2 is 1.78 bits per heavy atom. The van der Waals surface area contributed by atoms with Gasteiger partial charge in [-0.1, -0.05) is 25.3 Å². The topological polar surface area (TPSA) is 55.4 Å². The first-order valence-electron chi connectivity index (χ1n) is 9.03. The number of carbonyl (C=O) groups is 2. The van der Waals surface area contributed by atoms with Crippen molar-refractivity contribution in [3.05, 3.63) is 53.6 Å². The Morgan fingerprint density at radius 3 is 2.44 bits per heavy atom. The van der Waals surface area contributed by atoms with E-state index in [0.29, 0.717) is 5.56 Å². The van der Waals surface area contributed by atoms with Gasteiger partial charge in [0, 0.05) is 24.6 Å². The molecular formula is C21H21F2NO3. The van der Waals surface area contributed by atoms with Crippen LogP contribution in [0.1, 0.15) is 49.4 Å². The van der Waals surface area contributed by atoms with Crippen molar-refractivity contribution in [1.29, 1.82) is 0 Å². The summed E-state index contributed by atoms with van der Waals surface area (Å²) >= 11 is 0. The standard InChI is InChI=1S/C21H21F2NO3/c1-13(25)27-20-10-7-14(17-9-8-15(22)12-19(17)23)11-18(20)21(26)24-16-5-3-2-4-6-16/h7-12,16H,2-6H2,1H3,(H,24,26). The van der Waals surface area contributed by atoms with Crippen LogP contribution in [-0.4, -0.2) is 17.9 Å². The minimum Gasteiger partial charge on any atom is -0.426 e. The molecule has 6 heteroatoms. The van der Waals surface area contributed by atoms with Crippen molar-refractivity contribution < 1.29 is 23.1 Å². The molecular weight excluding hydrogens is 352 g/mol. The maximum atomic E-state index is 14.1. The average molecular weight is 373 g/mol. The molecule has 1 aliphatic carbocycles. The van der Waals surface area contributed by atoms with Crippen molar-refractivity contribution in [2.24, 2.45) is 0 Å². The van der Waals surface area contributed by atoms with E-state index in [4.69, 9.17) is 4.74 Å². The summed E-state index contributed by atoms with van der Waals surface area (Å²) in [4.78, 5) is 24.2. The summed E-state index contributed by atoms with van der Waals surface area (Å²) in [5.74, 6) is -2.22. The number of carbonyl (C=O) groups excluding carboxylic acids is 2. The Morgan fingerprint density at radius 1 is 1.04 bits per heavy atom. The van der Waals surface area contributed by atoms with Crippen LogP contribution in [0.4, 0.5) is 8.78 Å². The fourth-order valence-electron chi connectivity index (χ4n) is 3.35. The monoisotopic (exact) mass is 373 g/mol. The summed E-state index contributed by atoms with van der Waals surface area (Å²) in [5, 5.41) is 2.97. The zero-order chi connectivity index (χ0) is 19.4. The molecule has 0 atom stereocenters. The van der Waals surface area contributed by atoms with E-state index in [-0.39, 0.29) is 28.8 Å². The van der Waals surface area contributed by atoms with Crippen LogP contribution in [0.3, 0.4) is 0 Å². The zero-order valence-corrected chi connectivity index (χ0v) is 15.1. The largest absolute Gasteiger partial charge is 0.426 e. The molecule has 0 unspecified atom stereocenters. The predicted octanol–water partition coefficient (Wildman–Crippen LogP) is 4.62. The lowest BCUT2D eigenvalue weighted by atomic mass is 9.95. The Hall–Kier alpha value is -2.76. The lowest BCUT2D eigenvalue weighted by Gasteiger charge is -2.23. The Balaban J connectivity index is 1.94. The SMILES string of the molecule is CC(=O)Oc1ccc(-c2ccc(F)cc2F)cc1C(=O)NC1CCCCC1. The van der Waals surface area contributed by atoms with Gasteiger partial charge in [0.05, 0.1) is 5.56 Å². The van der Waals surface area contributed by atoms with Gasteiger partial charge in [0.1, 0.15) is 17.4 Å². The van der Waals surface area contributed by atoms with E-state index in [0.717, 1.165) is 44.2 Å². The number of hydrogen-bond acceptors (Lipinski definition) is 3. The summed E-state index contributed by atoms with van der Waals surface area (Å²) in [5.41, 5.74) is 0.715. The number of ether oxygens (including phenoxy) is 1. The van der Waals surface area contributed by atoms with E-state index in [1.807, 2.05) is 0 Å². The van der Waals surface area contributed by atoms with Gasteiger partial charge in [-0.15, -0.1) is 0 Å². The van der Waals surface area contributed by atoms with Gasteiger partial charge in [-0.05, 0) is 42.7 Å². The Kier molecular flexibility index (Phi) is 5.84. The molecule has 0 bridgehead atoms. The van der Waals surface area contributed by atoms with Crippen LogP contribution in [0.15, 0.2) is 36.4 Å². The second kappa shape index (κ2) is 8.29. The van der Waals surface area contributed by atoms with E-state index >= 15 is 0 Å². The zero-order valence-electron chi connectivity index (χ0n) is 15.1. The van der Waals surface area contributed by atoms with Crippen molar-refractivity contribution in [2.75, 3.05) is 0 Å². The lowest BCUT2D eigenvalue weighted by Crippen LogP contribution is -2.36. The van der Waals surface area contributed by atoms with E-state index in [1.165, 1.54) is 31.2 Å². The van der Waals surface area contributed by atoms with Gasteiger partial charge in [0.15, 0.2) is 0 Å². The summed E-state index contributed by atoms with van der Waals surface area (Å²) in [6, 6.07) is 7.78. The Labute approximate surface area is 156 Å². The van der Waals surface area contributed by atoms with Crippen molar-refractivity contribution in [3.63, 3.8) is 0 Å². The smallest absolute Gasteiger partial charge is 0.308 e. The fourth-order valence-corrected chi connectivity index (χ4v) is 3.35. The quantitative estimate of drug-likeness (QED) is 0.628. The highest BCUT2D eigenvalue weighted by molar-refractivity contribution is 5.99. The van der Waals surface area contributed by atoms with Gasteiger partial charge in [0.2, 0.25) is 0 Å². The molecule has 27 heavy (non-hydrogen) atoms. The first-order valence-corrected chi connectivity index (χ1v) is 9.03. The minimum atomic E-state index is -0.728. The van der Waals surface area contributed by atoms with Crippen LogP contribution in [0.2, 0.25) is 0 Å². The summed E-state index contributed by atoms with van der Waals surface area (Å²) in [6.45, 7) is 1.25. The molecule has 0 radical (unpaired) electrons. The normalized spacial score (nSPS) is 14.6. The van der Waals surface area contributed by atoms with Gasteiger partial charge in [-0.2, -0.15) is 0 Å². The maximum Gasteiger partial charge on any atom is 0.308 e. The summed E-state index contributed by atoms with van der Waals surface area (Å²) in [7, 11) is 0. The number of halogens is 2. The molecule has 2 aromatic carbocycles. The molecule has 1 saturated carbocycles. The molecule has 0 heterocycles. The lowest BCUT2D eigenvalue weighted by molar-refractivity contribution is -0.131. The highest BCUT2D eigenvalue weighted by Crippen LogP contribution is 2.29. The second-order valence-electron chi connectivity index (χ2n) is 6.74. The average Bonchev–Trinajstić information content (AvgIpc) is 2.62. The van der Waals surface area contributed by atoms with Crippen LogP contribution in [0, 0.1) is 11.6 Å². The summed E-state index contributed by atoms with van der Waals surface area (Å²) < 4.78 is 32.4. The molecule has 2 aromatic rings. The number of hydrogen-bond donors (Lipinski definition) is 1. The molecule has 0 aliphatic heterocycles. The second-order valence-corrected chi connectivity index (χ2v) is 6.74. The molecule has 0 aromatic heterocycles. The number of esters is 1. The van der Waals surface area contributed by atoms with Crippen LogP contribution in [-0.2, 0) is 4.79 Å². The molecule has 0 spiro atoms. The third kappa shape index (κ3) is 4.70. The van der Waals surface area contributed by atoms with Gasteiger partial charge in [-0.3, -0.25) is 9.59 Å². The van der Waals surface area contributed by atoms with Crippen LogP contribution in [0.25, 0.3) is 11.1 Å². The number of amides is 1. The van der Waals surface area contributed by atoms with Crippen molar-refractivity contribution in [1.82, 2.24) is 5.32 Å². The Bertz CT molecular complexity index is 861. The molecule has 1 aliphatic rings. The molecule has 1 fully saturated rings. The number of nitrogens with one attached hydrogen (secondary N) is 1. The van der Waals surface area contributed by atoms with Gasteiger partial charge in [-0.25, -0.2) is 8.78 Å². The fraction of sp³-hybridized carbons (Fsp3) is 0.333. The highest BCUT2D eigenvalue weighted by atomic mass is 19.1. The van der Waals surface area contributed by atoms with Crippen LogP contribution in [0.5, 0.6) is 5.75 Å². The van der Waals surface area contributed by atoms with Crippen LogP contribution < -0.4 is 10.1 Å².